The predicted octanol–water partition coefficient (Wildman–Crippen LogP) is 3.13. The Kier molecular flexibility index (Phi) is 8.28. The molecular weight excluding hydrogens is 414 g/mol. The van der Waals surface area contributed by atoms with Crippen molar-refractivity contribution in [2.75, 3.05) is 25.5 Å². The first kappa shape index (κ1) is 22.6. The van der Waals surface area contributed by atoms with Crippen LogP contribution in [0.2, 0.25) is 0 Å². The Labute approximate surface area is 186 Å². The molecule has 0 saturated heterocycles. The van der Waals surface area contributed by atoms with Gasteiger partial charge in [0.15, 0.2) is 22.5 Å². The van der Waals surface area contributed by atoms with Crippen LogP contribution in [0.3, 0.4) is 0 Å². The topological polar surface area (TPSA) is 91.2 Å². The lowest BCUT2D eigenvalue weighted by molar-refractivity contribution is -0.118. The summed E-state index contributed by atoms with van der Waals surface area (Å²) in [5.41, 5.74) is 2.01. The number of pyridine rings is 1. The maximum atomic E-state index is 12.3. The molecule has 8 nitrogen and oxygen atoms in total. The Morgan fingerprint density at radius 2 is 1.81 bits per heavy atom. The van der Waals surface area contributed by atoms with Crippen LogP contribution in [-0.4, -0.2) is 51.2 Å². The van der Waals surface area contributed by atoms with Gasteiger partial charge in [0.1, 0.15) is 0 Å². The average Bonchev–Trinajstić information content (AvgIpc) is 3.15. The fourth-order valence-electron chi connectivity index (χ4n) is 2.97. The molecule has 0 fully saturated rings. The largest absolute Gasteiger partial charge is 0.490 e. The SMILES string of the molecule is CCOc1ccc(CCNC(=O)CSc2nnc(-c3ccncc3)n2C)cc1OCC. The van der Waals surface area contributed by atoms with Gasteiger partial charge in [-0.2, -0.15) is 0 Å². The van der Waals surface area contributed by atoms with Gasteiger partial charge in [-0.1, -0.05) is 17.8 Å². The number of benzene rings is 1. The Bertz CT molecular complexity index is 994. The monoisotopic (exact) mass is 441 g/mol. The third-order valence-electron chi connectivity index (χ3n) is 4.45. The molecule has 2 aromatic heterocycles. The molecular formula is C22H27N5O3S. The average molecular weight is 442 g/mol. The Balaban J connectivity index is 1.48. The Morgan fingerprint density at radius 3 is 2.55 bits per heavy atom. The standard InChI is InChI=1S/C22H27N5O3S/c1-4-29-18-7-6-16(14-19(18)30-5-2)8-13-24-20(28)15-31-22-26-25-21(27(22)3)17-9-11-23-12-10-17/h6-7,9-12,14H,4-5,8,13,15H2,1-3H3,(H,24,28). The van der Waals surface area contributed by atoms with Gasteiger partial charge in [-0.05, 0) is 50.1 Å². The third kappa shape index (κ3) is 6.21. The zero-order chi connectivity index (χ0) is 22.1. The van der Waals surface area contributed by atoms with Gasteiger partial charge in [-0.15, -0.1) is 10.2 Å². The van der Waals surface area contributed by atoms with Gasteiger partial charge < -0.3 is 19.4 Å². The van der Waals surface area contributed by atoms with Gasteiger partial charge in [0, 0.05) is 31.5 Å². The molecule has 3 rings (SSSR count). The first-order valence-electron chi connectivity index (χ1n) is 10.2. The molecule has 1 amide bonds. The molecule has 164 valence electrons. The van der Waals surface area contributed by atoms with E-state index in [1.165, 1.54) is 11.8 Å². The molecule has 0 saturated carbocycles. The first-order valence-corrected chi connectivity index (χ1v) is 11.2. The van der Waals surface area contributed by atoms with Crippen LogP contribution in [0.1, 0.15) is 19.4 Å². The van der Waals surface area contributed by atoms with Crippen molar-refractivity contribution in [1.82, 2.24) is 25.1 Å². The molecule has 0 unspecified atom stereocenters. The minimum absolute atomic E-state index is 0.0468. The number of rotatable bonds is 11. The van der Waals surface area contributed by atoms with E-state index in [1.807, 2.05) is 55.8 Å². The molecule has 3 aromatic rings. The third-order valence-corrected chi connectivity index (χ3v) is 5.47. The lowest BCUT2D eigenvalue weighted by Gasteiger charge is -2.12. The van der Waals surface area contributed by atoms with Crippen LogP contribution < -0.4 is 14.8 Å². The number of nitrogens with one attached hydrogen (secondary N) is 1. The molecule has 0 atom stereocenters. The summed E-state index contributed by atoms with van der Waals surface area (Å²) in [6, 6.07) is 9.63. The number of carbonyl (C=O) groups is 1. The summed E-state index contributed by atoms with van der Waals surface area (Å²) in [5.74, 6) is 2.44. The Hall–Kier alpha value is -3.07. The van der Waals surface area contributed by atoms with Crippen LogP contribution in [0.4, 0.5) is 0 Å². The van der Waals surface area contributed by atoms with Crippen molar-refractivity contribution in [2.45, 2.75) is 25.4 Å². The van der Waals surface area contributed by atoms with Crippen LogP contribution in [0, 0.1) is 0 Å². The Morgan fingerprint density at radius 1 is 1.06 bits per heavy atom. The molecule has 0 radical (unpaired) electrons. The predicted molar refractivity (Wildman–Crippen MR) is 120 cm³/mol. The summed E-state index contributed by atoms with van der Waals surface area (Å²) >= 11 is 1.36. The van der Waals surface area contributed by atoms with Gasteiger partial charge in [0.05, 0.1) is 19.0 Å². The van der Waals surface area contributed by atoms with Crippen molar-refractivity contribution in [2.24, 2.45) is 7.05 Å². The number of ether oxygens (including phenoxy) is 2. The number of carbonyl (C=O) groups excluding carboxylic acids is 1. The normalized spacial score (nSPS) is 10.7. The van der Waals surface area contributed by atoms with E-state index in [-0.39, 0.29) is 11.7 Å². The van der Waals surface area contributed by atoms with E-state index >= 15 is 0 Å². The highest BCUT2D eigenvalue weighted by atomic mass is 32.2. The minimum atomic E-state index is -0.0468. The second-order valence-electron chi connectivity index (χ2n) is 6.64. The van der Waals surface area contributed by atoms with E-state index in [1.54, 1.807) is 12.4 Å². The molecule has 0 aliphatic heterocycles. The molecule has 9 heteroatoms. The maximum Gasteiger partial charge on any atom is 0.230 e. The van der Waals surface area contributed by atoms with Crippen LogP contribution in [0.5, 0.6) is 11.5 Å². The number of aromatic nitrogens is 4. The van der Waals surface area contributed by atoms with Gasteiger partial charge in [0.2, 0.25) is 5.91 Å². The van der Waals surface area contributed by atoms with E-state index in [2.05, 4.69) is 20.5 Å². The van der Waals surface area contributed by atoms with E-state index in [9.17, 15) is 4.79 Å². The highest BCUT2D eigenvalue weighted by Crippen LogP contribution is 2.28. The second kappa shape index (κ2) is 11.4. The smallest absolute Gasteiger partial charge is 0.230 e. The first-order chi connectivity index (χ1) is 15.1. The van der Waals surface area contributed by atoms with Crippen LogP contribution >= 0.6 is 11.8 Å². The van der Waals surface area contributed by atoms with Crippen molar-refractivity contribution < 1.29 is 14.3 Å². The fraction of sp³-hybridized carbons (Fsp3) is 0.364. The highest BCUT2D eigenvalue weighted by Gasteiger charge is 2.13. The number of nitrogens with zero attached hydrogens (tertiary/aromatic N) is 4. The minimum Gasteiger partial charge on any atom is -0.490 e. The van der Waals surface area contributed by atoms with Crippen molar-refractivity contribution in [3.8, 4) is 22.9 Å². The summed E-state index contributed by atoms with van der Waals surface area (Å²) in [6.07, 6.45) is 4.14. The number of hydrogen-bond acceptors (Lipinski definition) is 7. The van der Waals surface area contributed by atoms with Gasteiger partial charge >= 0.3 is 0 Å². The molecule has 1 N–H and O–H groups in total. The van der Waals surface area contributed by atoms with Crippen LogP contribution in [-0.2, 0) is 18.3 Å². The second-order valence-corrected chi connectivity index (χ2v) is 7.58. The molecule has 0 aliphatic carbocycles. The number of hydrogen-bond donors (Lipinski definition) is 1. The fourth-order valence-corrected chi connectivity index (χ4v) is 3.71. The van der Waals surface area contributed by atoms with Crippen molar-refractivity contribution in [1.29, 1.82) is 0 Å². The number of thioether (sulfide) groups is 1. The molecule has 0 aliphatic rings. The quantitative estimate of drug-likeness (QED) is 0.457. The zero-order valence-corrected chi connectivity index (χ0v) is 18.8. The van der Waals surface area contributed by atoms with Crippen LogP contribution in [0.15, 0.2) is 47.9 Å². The lowest BCUT2D eigenvalue weighted by Crippen LogP contribution is -2.27. The summed E-state index contributed by atoms with van der Waals surface area (Å²) in [7, 11) is 1.89. The summed E-state index contributed by atoms with van der Waals surface area (Å²) in [6.45, 7) is 5.58. The lowest BCUT2D eigenvalue weighted by atomic mass is 10.1. The van der Waals surface area contributed by atoms with Crippen molar-refractivity contribution in [3.05, 3.63) is 48.3 Å². The van der Waals surface area contributed by atoms with Crippen LogP contribution in [0.25, 0.3) is 11.4 Å². The maximum absolute atomic E-state index is 12.3. The van der Waals surface area contributed by atoms with Gasteiger partial charge in [0.25, 0.3) is 0 Å². The zero-order valence-electron chi connectivity index (χ0n) is 18.0. The van der Waals surface area contributed by atoms with Gasteiger partial charge in [-0.3, -0.25) is 9.78 Å². The van der Waals surface area contributed by atoms with Gasteiger partial charge in [-0.25, -0.2) is 0 Å². The molecule has 2 heterocycles. The summed E-state index contributed by atoms with van der Waals surface area (Å²) < 4.78 is 13.1. The van der Waals surface area contributed by atoms with E-state index in [0.29, 0.717) is 31.3 Å². The molecule has 31 heavy (non-hydrogen) atoms. The molecule has 1 aromatic carbocycles. The summed E-state index contributed by atoms with van der Waals surface area (Å²) in [5, 5.41) is 12.1. The van der Waals surface area contributed by atoms with E-state index in [0.717, 1.165) is 28.5 Å². The number of amides is 1. The van der Waals surface area contributed by atoms with E-state index < -0.39 is 0 Å². The van der Waals surface area contributed by atoms with Crippen molar-refractivity contribution >= 4 is 17.7 Å². The summed E-state index contributed by atoms with van der Waals surface area (Å²) in [4.78, 5) is 16.3. The molecule has 0 bridgehead atoms. The van der Waals surface area contributed by atoms with Crippen molar-refractivity contribution in [3.63, 3.8) is 0 Å². The van der Waals surface area contributed by atoms with E-state index in [4.69, 9.17) is 9.47 Å². The molecule has 0 spiro atoms. The highest BCUT2D eigenvalue weighted by molar-refractivity contribution is 7.99.